The smallest absolute Gasteiger partial charge is 0.0885 e. The fourth-order valence-electron chi connectivity index (χ4n) is 1.27. The monoisotopic (exact) mass is 263 g/mol. The first-order valence-corrected chi connectivity index (χ1v) is 5.57. The van der Waals surface area contributed by atoms with Gasteiger partial charge in [-0.05, 0) is 29.8 Å². The van der Waals surface area contributed by atoms with Crippen molar-refractivity contribution in [1.82, 2.24) is 4.57 Å². The molecular weight excluding hydrogens is 250 g/mol. The van der Waals surface area contributed by atoms with Crippen molar-refractivity contribution >= 4 is 17.8 Å². The van der Waals surface area contributed by atoms with E-state index in [9.17, 15) is 0 Å². The zero-order valence-corrected chi connectivity index (χ0v) is 10.7. The van der Waals surface area contributed by atoms with E-state index in [4.69, 9.17) is 11.6 Å². The van der Waals surface area contributed by atoms with Crippen molar-refractivity contribution in [2.75, 3.05) is 0 Å². The Kier molecular flexibility index (Phi) is 5.30. The molecule has 2 rings (SSSR count). The summed E-state index contributed by atoms with van der Waals surface area (Å²) in [4.78, 5) is 0. The molecule has 0 aliphatic rings. The maximum atomic E-state index is 5.79. The summed E-state index contributed by atoms with van der Waals surface area (Å²) < 4.78 is 1.95. The Bertz CT molecular complexity index is 567. The second-order valence-corrected chi connectivity index (χ2v) is 4.05. The SMILES string of the molecule is Cn1ccc(=N/N=C/c2ccc(Cl)cc2)cc1.O. The first-order valence-electron chi connectivity index (χ1n) is 5.19. The van der Waals surface area contributed by atoms with Gasteiger partial charge in [-0.1, -0.05) is 23.7 Å². The van der Waals surface area contributed by atoms with Crippen LogP contribution in [-0.4, -0.2) is 16.3 Å². The van der Waals surface area contributed by atoms with Gasteiger partial charge in [0.05, 0.1) is 11.6 Å². The summed E-state index contributed by atoms with van der Waals surface area (Å²) in [7, 11) is 1.96. The Morgan fingerprint density at radius 1 is 1.06 bits per heavy atom. The molecule has 0 atom stereocenters. The molecule has 0 radical (unpaired) electrons. The van der Waals surface area contributed by atoms with Gasteiger partial charge in [-0.2, -0.15) is 10.2 Å². The Labute approximate surface area is 110 Å². The first kappa shape index (κ1) is 14.2. The molecule has 94 valence electrons. The number of hydrogen-bond acceptors (Lipinski definition) is 2. The highest BCUT2D eigenvalue weighted by molar-refractivity contribution is 6.30. The summed E-state index contributed by atoms with van der Waals surface area (Å²) in [6.45, 7) is 0. The zero-order valence-electron chi connectivity index (χ0n) is 9.92. The Balaban J connectivity index is 0.00000162. The van der Waals surface area contributed by atoms with Gasteiger partial charge >= 0.3 is 0 Å². The second-order valence-electron chi connectivity index (χ2n) is 3.62. The van der Waals surface area contributed by atoms with Gasteiger partial charge in [-0.15, -0.1) is 0 Å². The molecule has 5 heteroatoms. The van der Waals surface area contributed by atoms with Crippen molar-refractivity contribution in [2.24, 2.45) is 17.3 Å². The van der Waals surface area contributed by atoms with Crippen LogP contribution in [0.2, 0.25) is 5.02 Å². The van der Waals surface area contributed by atoms with Crippen LogP contribution in [0.3, 0.4) is 0 Å². The highest BCUT2D eigenvalue weighted by Gasteiger charge is 1.87. The maximum absolute atomic E-state index is 5.79. The normalized spacial score (nSPS) is 10.1. The van der Waals surface area contributed by atoms with Crippen LogP contribution >= 0.6 is 11.6 Å². The van der Waals surface area contributed by atoms with E-state index in [0.717, 1.165) is 15.9 Å². The van der Waals surface area contributed by atoms with E-state index in [-0.39, 0.29) is 5.48 Å². The van der Waals surface area contributed by atoms with Crippen LogP contribution in [0.4, 0.5) is 0 Å². The lowest BCUT2D eigenvalue weighted by molar-refractivity contribution is 0.824. The molecule has 0 fully saturated rings. The maximum Gasteiger partial charge on any atom is 0.0885 e. The van der Waals surface area contributed by atoms with Crippen molar-refractivity contribution in [2.45, 2.75) is 0 Å². The Morgan fingerprint density at radius 3 is 2.28 bits per heavy atom. The van der Waals surface area contributed by atoms with Gasteiger partial charge in [0.1, 0.15) is 0 Å². The van der Waals surface area contributed by atoms with E-state index < -0.39 is 0 Å². The van der Waals surface area contributed by atoms with Gasteiger partial charge in [0.25, 0.3) is 0 Å². The van der Waals surface area contributed by atoms with Crippen molar-refractivity contribution in [3.05, 3.63) is 64.7 Å². The van der Waals surface area contributed by atoms with Gasteiger partial charge < -0.3 is 10.0 Å². The molecule has 0 saturated heterocycles. The van der Waals surface area contributed by atoms with Crippen LogP contribution in [0.25, 0.3) is 0 Å². The molecule has 2 N–H and O–H groups in total. The third-order valence-electron chi connectivity index (χ3n) is 2.21. The molecule has 0 saturated carbocycles. The standard InChI is InChI=1S/C13H12ClN3.H2O/c1-17-8-6-13(7-9-17)16-15-10-11-2-4-12(14)5-3-11;/h2-10H,1H3;1H2/b15-10+;. The summed E-state index contributed by atoms with van der Waals surface area (Å²) in [5.74, 6) is 0. The Morgan fingerprint density at radius 2 is 1.67 bits per heavy atom. The predicted molar refractivity (Wildman–Crippen MR) is 73.6 cm³/mol. The number of nitrogens with zero attached hydrogens (tertiary/aromatic N) is 3. The number of aromatic nitrogens is 1. The minimum atomic E-state index is 0. The Hall–Kier alpha value is -1.91. The summed E-state index contributed by atoms with van der Waals surface area (Å²) in [5.41, 5.74) is 0.972. The number of halogens is 1. The molecule has 0 aliphatic carbocycles. The second kappa shape index (κ2) is 6.74. The molecule has 18 heavy (non-hydrogen) atoms. The first-order chi connectivity index (χ1) is 8.24. The quantitative estimate of drug-likeness (QED) is 0.586. The minimum absolute atomic E-state index is 0. The van der Waals surface area contributed by atoms with Crippen molar-refractivity contribution < 1.29 is 5.48 Å². The van der Waals surface area contributed by atoms with E-state index in [1.54, 1.807) is 6.21 Å². The molecule has 0 amide bonds. The van der Waals surface area contributed by atoms with Gasteiger partial charge in [0, 0.05) is 24.5 Å². The fourth-order valence-corrected chi connectivity index (χ4v) is 1.40. The van der Waals surface area contributed by atoms with Crippen LogP contribution in [0.15, 0.2) is 59.0 Å². The van der Waals surface area contributed by atoms with Gasteiger partial charge in [-0.3, -0.25) is 0 Å². The van der Waals surface area contributed by atoms with Gasteiger partial charge in [0.15, 0.2) is 0 Å². The molecule has 1 heterocycles. The van der Waals surface area contributed by atoms with Crippen LogP contribution in [0, 0.1) is 0 Å². The van der Waals surface area contributed by atoms with Crippen molar-refractivity contribution in [1.29, 1.82) is 0 Å². The molecule has 1 aromatic heterocycles. The van der Waals surface area contributed by atoms with Crippen LogP contribution in [0.1, 0.15) is 5.56 Å². The fraction of sp³-hybridized carbons (Fsp3) is 0.0769. The highest BCUT2D eigenvalue weighted by Crippen LogP contribution is 2.07. The van der Waals surface area contributed by atoms with Crippen LogP contribution in [0.5, 0.6) is 0 Å². The lowest BCUT2D eigenvalue weighted by Crippen LogP contribution is -2.01. The zero-order chi connectivity index (χ0) is 12.1. The molecule has 1 aromatic carbocycles. The molecule has 0 unspecified atom stereocenters. The number of aryl methyl sites for hydroxylation is 1. The largest absolute Gasteiger partial charge is 0.412 e. The van der Waals surface area contributed by atoms with E-state index in [1.165, 1.54) is 0 Å². The van der Waals surface area contributed by atoms with Crippen molar-refractivity contribution in [3.8, 4) is 0 Å². The number of rotatable bonds is 2. The summed E-state index contributed by atoms with van der Waals surface area (Å²) in [6, 6.07) is 11.2. The summed E-state index contributed by atoms with van der Waals surface area (Å²) in [5, 5.41) is 9.65. The summed E-state index contributed by atoms with van der Waals surface area (Å²) in [6.07, 6.45) is 5.55. The average Bonchev–Trinajstić information content (AvgIpc) is 2.34. The predicted octanol–water partition coefficient (Wildman–Crippen LogP) is 1.79. The molecule has 0 spiro atoms. The van der Waals surface area contributed by atoms with E-state index in [1.807, 2.05) is 60.4 Å². The third-order valence-corrected chi connectivity index (χ3v) is 2.46. The topological polar surface area (TPSA) is 61.1 Å². The minimum Gasteiger partial charge on any atom is -0.412 e. The van der Waals surface area contributed by atoms with E-state index >= 15 is 0 Å². The van der Waals surface area contributed by atoms with E-state index in [2.05, 4.69) is 10.2 Å². The van der Waals surface area contributed by atoms with Gasteiger partial charge in [0.2, 0.25) is 0 Å². The molecule has 0 aliphatic heterocycles. The van der Waals surface area contributed by atoms with Crippen LogP contribution in [-0.2, 0) is 7.05 Å². The number of pyridine rings is 1. The van der Waals surface area contributed by atoms with Gasteiger partial charge in [-0.25, -0.2) is 0 Å². The third kappa shape index (κ3) is 4.16. The number of benzene rings is 1. The molecule has 2 aromatic rings. The molecular formula is C13H14ClN3O. The molecule has 4 nitrogen and oxygen atoms in total. The average molecular weight is 264 g/mol. The molecule has 0 bridgehead atoms. The van der Waals surface area contributed by atoms with Crippen molar-refractivity contribution in [3.63, 3.8) is 0 Å². The van der Waals surface area contributed by atoms with E-state index in [0.29, 0.717) is 0 Å². The highest BCUT2D eigenvalue weighted by atomic mass is 35.5. The summed E-state index contributed by atoms with van der Waals surface area (Å²) >= 11 is 5.79. The lowest BCUT2D eigenvalue weighted by Gasteiger charge is -1.93. The van der Waals surface area contributed by atoms with Crippen LogP contribution < -0.4 is 5.36 Å². The number of hydrogen-bond donors (Lipinski definition) is 0. The lowest BCUT2D eigenvalue weighted by atomic mass is 10.2.